The molecule has 116 heavy (non-hydrogen) atoms. The monoisotopic (exact) mass is 1640 g/mol. The van der Waals surface area contributed by atoms with Crippen LogP contribution in [-0.2, 0) is 113 Å². The lowest BCUT2D eigenvalue weighted by molar-refractivity contribution is -0.172. The first-order chi connectivity index (χ1) is 55.5. The molecule has 3 aliphatic rings. The second-order valence-electron chi connectivity index (χ2n) is 29.3. The smallest absolute Gasteiger partial charge is 0.407 e. The number of carbonyl (C=O) groups excluding carboxylic acids is 10. The number of alkyl carbamates (subject to hydrolysis) is 1. The number of nitrogens with zero attached hydrogens (tertiary/aromatic N) is 2. The summed E-state index contributed by atoms with van der Waals surface area (Å²) in [6, 6.07) is 2.92. The molecule has 35 nitrogen and oxygen atoms in total. The molecule has 7 rings (SSSR count). The maximum atomic E-state index is 15.5. The van der Waals surface area contributed by atoms with Crippen LogP contribution in [0.1, 0.15) is 163 Å². The molecule has 1 aliphatic carbocycles. The zero-order chi connectivity index (χ0) is 84.4. The van der Waals surface area contributed by atoms with E-state index in [4.69, 9.17) is 60.8 Å². The average molecular weight is 1640 g/mol. The Morgan fingerprint density at radius 1 is 0.724 bits per heavy atom. The molecule has 15 N–H and O–H groups in total. The topological polar surface area (TPSA) is 497 Å². The summed E-state index contributed by atoms with van der Waals surface area (Å²) >= 11 is 0. The molecule has 0 saturated heterocycles. The quantitative estimate of drug-likeness (QED) is 0.00868. The van der Waals surface area contributed by atoms with Crippen molar-refractivity contribution in [1.29, 1.82) is 0 Å². The van der Waals surface area contributed by atoms with Crippen LogP contribution in [0.4, 0.5) is 19.7 Å². The molecule has 0 bridgehead atoms. The Balaban J connectivity index is 0.765. The van der Waals surface area contributed by atoms with Gasteiger partial charge < -0.3 is 112 Å². The largest absolute Gasteiger partial charge is 0.481 e. The first kappa shape index (κ1) is 93.1. The number of hydrogen-bond acceptors (Lipinski definition) is 23. The Morgan fingerprint density at radius 3 is 2.09 bits per heavy atom. The summed E-state index contributed by atoms with van der Waals surface area (Å²) in [7, 11) is 0.404. The minimum absolute atomic E-state index is 0.00969. The fraction of sp³-hybridized carbons (Fsp3) is 0.582. The number of fused-ring (bicyclic) bond motifs is 5. The Labute approximate surface area is 675 Å². The summed E-state index contributed by atoms with van der Waals surface area (Å²) in [5.74, 6) is -4.71. The number of aliphatic carboxylic acids is 1. The van der Waals surface area contributed by atoms with Crippen molar-refractivity contribution in [2.24, 2.45) is 17.4 Å². The molecule has 0 radical (unpaired) electrons. The minimum atomic E-state index is -2.04. The van der Waals surface area contributed by atoms with Gasteiger partial charge in [-0.1, -0.05) is 45.7 Å². The molecule has 0 spiro atoms. The third-order valence-corrected chi connectivity index (χ3v) is 20.8. The molecular weight excluding hydrogens is 1530 g/mol. The molecule has 2 aromatic heterocycles. The number of anilines is 1. The van der Waals surface area contributed by atoms with E-state index in [0.29, 0.717) is 113 Å². The molecule has 4 aromatic rings. The number of carboxylic acid groups (broad SMARTS) is 1. The van der Waals surface area contributed by atoms with Crippen molar-refractivity contribution in [2.45, 2.75) is 198 Å². The van der Waals surface area contributed by atoms with Crippen LogP contribution >= 0.6 is 0 Å². The number of aliphatic hydroxyl groups is 1. The van der Waals surface area contributed by atoms with E-state index in [-0.39, 0.29) is 134 Å². The summed E-state index contributed by atoms with van der Waals surface area (Å²) in [5, 5.41) is 45.8. The third kappa shape index (κ3) is 28.1. The standard InChI is InChI=1S/C79H112FN13O22Si/c1-7-8-9-10-11-15-47(4)113-44-64(95)83-29-31-109-33-35-111-37-36-110-34-32-108-30-26-63(94)89-60(24-25-66(97)98)73(101)92-69(46(2)3)74(102)91-59(17-14-28-84-77(82)105)72(100)87-51-20-18-50(19-21-51)41-115-78(106)85-27-13-12-16-57(81)71(99)86-45-112-43-65(96)88-58-23-22-52-48(5)56(80)39-61-67(52)68(58)53-40-93-62(70(53)90-61)38-55-54(75(93)103)42-114-76(104)79(55,107)49(6)116/h1,18-21,38-39,46-47,49,57-60,69,107H,8-17,22-37,40-45,81H2,2-6,116H3,(H,83,95)(H,85,106)(H,86,99)(H,87,100)(H,88,96)(H,89,94)(H,91,102)(H,92,101)(H,97,98)(H3,82,84,105)/t47?,49-,57+,58+,59+,60+,69+,79+/m1/s1. The van der Waals surface area contributed by atoms with E-state index >= 15 is 4.39 Å². The zero-order valence-electron chi connectivity index (χ0n) is 66.8. The van der Waals surface area contributed by atoms with Crippen molar-refractivity contribution in [3.63, 3.8) is 0 Å². The minimum Gasteiger partial charge on any atom is -0.481 e. The molecule has 0 saturated carbocycles. The summed E-state index contributed by atoms with van der Waals surface area (Å²) in [6.45, 7) is 9.62. The zero-order valence-corrected chi connectivity index (χ0v) is 68.8. The average Bonchev–Trinajstić information content (AvgIpc) is 1.66. The van der Waals surface area contributed by atoms with Gasteiger partial charge in [0.1, 0.15) is 57.1 Å². The number of carboxylic acids is 1. The van der Waals surface area contributed by atoms with E-state index in [1.54, 1.807) is 45.9 Å². The van der Waals surface area contributed by atoms with Gasteiger partial charge in [-0.3, -0.25) is 43.2 Å². The second kappa shape index (κ2) is 47.2. The number of aromatic nitrogens is 2. The fourth-order valence-corrected chi connectivity index (χ4v) is 14.0. The molecule has 8 atom stereocenters. The van der Waals surface area contributed by atoms with Gasteiger partial charge in [0.25, 0.3) is 5.56 Å². The van der Waals surface area contributed by atoms with Crippen LogP contribution in [0.3, 0.4) is 0 Å². The van der Waals surface area contributed by atoms with Crippen LogP contribution in [0.25, 0.3) is 22.3 Å². The summed E-state index contributed by atoms with van der Waals surface area (Å²) < 4.78 is 60.8. The summed E-state index contributed by atoms with van der Waals surface area (Å²) in [5.41, 5.74) is 13.0. The molecular formula is C79H112FN13O22Si. The molecule has 2 aliphatic heterocycles. The van der Waals surface area contributed by atoms with Crippen molar-refractivity contribution in [1.82, 2.24) is 52.1 Å². The van der Waals surface area contributed by atoms with Crippen LogP contribution in [0.5, 0.6) is 0 Å². The predicted molar refractivity (Wildman–Crippen MR) is 424 cm³/mol. The van der Waals surface area contributed by atoms with E-state index in [0.717, 1.165) is 37.7 Å². The number of esters is 1. The lowest BCUT2D eigenvalue weighted by Gasteiger charge is -2.35. The van der Waals surface area contributed by atoms with Gasteiger partial charge in [-0.05, 0) is 130 Å². The third-order valence-electron chi connectivity index (χ3n) is 19.9. The van der Waals surface area contributed by atoms with Gasteiger partial charge >= 0.3 is 24.1 Å². The number of hydrogen-bond donors (Lipinski definition) is 13. The number of amides is 10. The predicted octanol–water partition coefficient (Wildman–Crippen LogP) is 1.83. The number of unbranched alkanes of at least 4 members (excludes halogenated alkanes) is 4. The Hall–Kier alpha value is -10.0. The van der Waals surface area contributed by atoms with Crippen molar-refractivity contribution in [3.8, 4) is 23.7 Å². The highest BCUT2D eigenvalue weighted by molar-refractivity contribution is 6.15. The first-order valence-electron chi connectivity index (χ1n) is 39.3. The number of nitrogens with two attached hydrogens (primary N) is 2. The van der Waals surface area contributed by atoms with E-state index < -0.39 is 131 Å². The highest BCUT2D eigenvalue weighted by Gasteiger charge is 2.49. The Morgan fingerprint density at radius 2 is 1.41 bits per heavy atom. The number of carbonyl (C=O) groups is 11. The number of cyclic esters (lactones) is 1. The number of ether oxygens (including phenoxy) is 8. The highest BCUT2D eigenvalue weighted by Crippen LogP contribution is 2.47. The van der Waals surface area contributed by atoms with Crippen molar-refractivity contribution in [3.05, 3.63) is 91.5 Å². The number of urea groups is 1. The lowest BCUT2D eigenvalue weighted by Crippen LogP contribution is -2.58. The Bertz CT molecular complexity index is 4180. The van der Waals surface area contributed by atoms with Gasteiger partial charge in [-0.2, -0.15) is 0 Å². The van der Waals surface area contributed by atoms with Gasteiger partial charge in [0.2, 0.25) is 41.4 Å². The Kier molecular flexibility index (Phi) is 37.9. The number of rotatable bonds is 52. The molecule has 4 heterocycles. The van der Waals surface area contributed by atoms with Crippen molar-refractivity contribution in [2.75, 3.05) is 97.8 Å². The second-order valence-corrected chi connectivity index (χ2v) is 31.0. The van der Waals surface area contributed by atoms with E-state index in [1.165, 1.54) is 22.8 Å². The number of terminal acetylenes is 1. The van der Waals surface area contributed by atoms with Crippen LogP contribution in [-0.4, -0.2) is 218 Å². The normalized spacial score (nSPS) is 16.0. The summed E-state index contributed by atoms with van der Waals surface area (Å²) in [4.78, 5) is 161. The number of benzene rings is 2. The van der Waals surface area contributed by atoms with E-state index in [2.05, 4.69) is 53.8 Å². The van der Waals surface area contributed by atoms with Crippen LogP contribution in [0, 0.1) is 31.0 Å². The van der Waals surface area contributed by atoms with E-state index in [9.17, 15) is 67.7 Å². The van der Waals surface area contributed by atoms with E-state index in [1.807, 2.05) is 6.92 Å². The summed E-state index contributed by atoms with van der Waals surface area (Å²) in [6.07, 6.45) is 10.2. The number of primary amides is 1. The number of aryl methyl sites for hydroxylation is 1. The van der Waals surface area contributed by atoms with Gasteiger partial charge in [-0.25, -0.2) is 23.8 Å². The fourth-order valence-electron chi connectivity index (χ4n) is 13.4. The van der Waals surface area contributed by atoms with Crippen molar-refractivity contribution >= 4 is 92.2 Å². The van der Waals surface area contributed by atoms with Gasteiger partial charge in [0.05, 0.1) is 100 Å². The molecule has 0 fully saturated rings. The number of nitrogens with one attached hydrogen (secondary N) is 9. The number of halogens is 1. The maximum absolute atomic E-state index is 15.5. The molecule has 1 unspecified atom stereocenters. The van der Waals surface area contributed by atoms with Crippen LogP contribution in [0.15, 0.2) is 41.2 Å². The molecule has 2 aromatic carbocycles. The van der Waals surface area contributed by atoms with Gasteiger partial charge in [0, 0.05) is 77.4 Å². The number of pyridine rings is 2. The molecule has 636 valence electrons. The van der Waals surface area contributed by atoms with Crippen LogP contribution in [0.2, 0.25) is 5.54 Å². The van der Waals surface area contributed by atoms with Gasteiger partial charge in [0.15, 0.2) is 5.60 Å². The molecule has 37 heteroatoms. The van der Waals surface area contributed by atoms with Crippen LogP contribution < -0.4 is 64.9 Å². The maximum Gasteiger partial charge on any atom is 0.407 e. The first-order valence-corrected chi connectivity index (χ1v) is 40.5. The lowest BCUT2D eigenvalue weighted by atomic mass is 9.81. The SMILES string of the molecule is C#CCCCCCC(C)OCC(=O)NCCOCCOCCOCCOCCC(=O)N[C@@H](CCC(=O)O)C(=O)N[C@H](C(=O)N[C@@H](CCCNC(N)=O)C(=O)Nc1ccc(COC(=O)NCCCC[C@H](N)C(=O)NCOCC(=O)N[C@H]2CCc3c(C)c(F)cc4nc5c(c2c34)Cn2c-5cc3c(c2=O)COC(=O)[C@]3(O)[C@@H](C)[SiH3])cc1)C(C)C. The highest BCUT2D eigenvalue weighted by atomic mass is 28.1. The molecule has 10 amide bonds. The van der Waals surface area contributed by atoms with Gasteiger partial charge in [-0.15, -0.1) is 12.3 Å². The van der Waals surface area contributed by atoms with Crippen molar-refractivity contribution < 1.29 is 105 Å².